The molecule has 2 aromatic rings. The van der Waals surface area contributed by atoms with E-state index in [1.165, 1.54) is 0 Å². The first-order valence-electron chi connectivity index (χ1n) is 8.86. The summed E-state index contributed by atoms with van der Waals surface area (Å²) in [5.74, 6) is 0.968. The van der Waals surface area contributed by atoms with Gasteiger partial charge in [0.15, 0.2) is 0 Å². The summed E-state index contributed by atoms with van der Waals surface area (Å²) < 4.78 is 6.76. The molecular formula is C21H23BrN2O2. The Bertz CT molecular complexity index is 766. The van der Waals surface area contributed by atoms with Crippen molar-refractivity contribution in [2.45, 2.75) is 6.92 Å². The average Bonchev–Trinajstić information content (AvgIpc) is 2.68. The van der Waals surface area contributed by atoms with E-state index in [1.54, 1.807) is 6.08 Å². The van der Waals surface area contributed by atoms with Crippen LogP contribution in [0, 0.1) is 0 Å². The minimum Gasteiger partial charge on any atom is -0.492 e. The Hall–Kier alpha value is -2.27. The number of rotatable bonds is 5. The summed E-state index contributed by atoms with van der Waals surface area (Å²) in [6, 6.07) is 16.0. The van der Waals surface area contributed by atoms with Crippen LogP contribution >= 0.6 is 15.9 Å². The van der Waals surface area contributed by atoms with E-state index in [2.05, 4.69) is 26.9 Å². The van der Waals surface area contributed by atoms with Crippen LogP contribution in [0.2, 0.25) is 0 Å². The molecule has 1 heterocycles. The third-order valence-electron chi connectivity index (χ3n) is 4.39. The molecule has 1 fully saturated rings. The Morgan fingerprint density at radius 1 is 1.08 bits per heavy atom. The number of amides is 1. The van der Waals surface area contributed by atoms with Gasteiger partial charge in [0.1, 0.15) is 5.75 Å². The number of piperazine rings is 1. The summed E-state index contributed by atoms with van der Waals surface area (Å²) in [6.45, 7) is 5.68. The largest absolute Gasteiger partial charge is 0.492 e. The molecule has 4 nitrogen and oxygen atoms in total. The molecule has 26 heavy (non-hydrogen) atoms. The summed E-state index contributed by atoms with van der Waals surface area (Å²) in [4.78, 5) is 16.6. The quantitative estimate of drug-likeness (QED) is 0.686. The number of carbonyl (C=O) groups excluding carboxylic acids is 1. The first-order valence-corrected chi connectivity index (χ1v) is 9.66. The van der Waals surface area contributed by atoms with Gasteiger partial charge in [0.25, 0.3) is 0 Å². The molecule has 2 aromatic carbocycles. The van der Waals surface area contributed by atoms with Gasteiger partial charge in [-0.1, -0.05) is 40.2 Å². The summed E-state index contributed by atoms with van der Waals surface area (Å²) in [6.07, 6.45) is 3.53. The van der Waals surface area contributed by atoms with Gasteiger partial charge in [0, 0.05) is 36.7 Å². The topological polar surface area (TPSA) is 32.8 Å². The van der Waals surface area contributed by atoms with Crippen molar-refractivity contribution in [1.82, 2.24) is 4.90 Å². The lowest BCUT2D eigenvalue weighted by molar-refractivity contribution is -0.126. The van der Waals surface area contributed by atoms with E-state index in [9.17, 15) is 4.79 Å². The van der Waals surface area contributed by atoms with Gasteiger partial charge in [0.05, 0.1) is 12.3 Å². The van der Waals surface area contributed by atoms with Crippen LogP contribution in [0.25, 0.3) is 6.08 Å². The first kappa shape index (κ1) is 18.5. The number of anilines is 1. The predicted octanol–water partition coefficient (Wildman–Crippen LogP) is 4.21. The second-order valence-corrected chi connectivity index (χ2v) is 7.01. The number of carbonyl (C=O) groups is 1. The predicted molar refractivity (Wildman–Crippen MR) is 110 cm³/mol. The molecule has 0 radical (unpaired) electrons. The monoisotopic (exact) mass is 414 g/mol. The molecule has 0 saturated carbocycles. The van der Waals surface area contributed by atoms with E-state index in [-0.39, 0.29) is 5.91 Å². The van der Waals surface area contributed by atoms with Gasteiger partial charge in [0.2, 0.25) is 5.91 Å². The van der Waals surface area contributed by atoms with Crippen molar-refractivity contribution in [2.75, 3.05) is 37.7 Å². The highest BCUT2D eigenvalue weighted by Crippen LogP contribution is 2.28. The Labute approximate surface area is 163 Å². The zero-order valence-corrected chi connectivity index (χ0v) is 16.5. The van der Waals surface area contributed by atoms with Gasteiger partial charge in [-0.3, -0.25) is 4.79 Å². The molecular weight excluding hydrogens is 392 g/mol. The van der Waals surface area contributed by atoms with Gasteiger partial charge < -0.3 is 14.5 Å². The van der Waals surface area contributed by atoms with E-state index < -0.39 is 0 Å². The maximum absolute atomic E-state index is 12.4. The second-order valence-electron chi connectivity index (χ2n) is 6.10. The van der Waals surface area contributed by atoms with Gasteiger partial charge in [-0.15, -0.1) is 0 Å². The summed E-state index contributed by atoms with van der Waals surface area (Å²) in [5.41, 5.74) is 2.12. The van der Waals surface area contributed by atoms with Crippen LogP contribution in [0.5, 0.6) is 5.75 Å². The minimum atomic E-state index is 0.0608. The maximum Gasteiger partial charge on any atom is 0.246 e. The van der Waals surface area contributed by atoms with Crippen LogP contribution in [0.15, 0.2) is 59.1 Å². The summed E-state index contributed by atoms with van der Waals surface area (Å²) >= 11 is 3.41. The SMILES string of the molecule is CCOc1ccccc1N1CCN(C(=O)/C=C/c2ccc(Br)cc2)CC1. The van der Waals surface area contributed by atoms with Crippen molar-refractivity contribution in [1.29, 1.82) is 0 Å². The molecule has 1 aliphatic heterocycles. The maximum atomic E-state index is 12.4. The zero-order valence-electron chi connectivity index (χ0n) is 14.9. The number of hydrogen-bond donors (Lipinski definition) is 0. The van der Waals surface area contributed by atoms with E-state index >= 15 is 0 Å². The van der Waals surface area contributed by atoms with E-state index in [0.29, 0.717) is 19.7 Å². The van der Waals surface area contributed by atoms with Crippen molar-refractivity contribution >= 4 is 33.6 Å². The van der Waals surface area contributed by atoms with Crippen LogP contribution in [0.1, 0.15) is 12.5 Å². The number of hydrogen-bond acceptors (Lipinski definition) is 3. The van der Waals surface area contributed by atoms with E-state index in [0.717, 1.165) is 34.6 Å². The molecule has 0 aromatic heterocycles. The van der Waals surface area contributed by atoms with Crippen molar-refractivity contribution < 1.29 is 9.53 Å². The van der Waals surface area contributed by atoms with E-state index in [4.69, 9.17) is 4.74 Å². The molecule has 0 spiro atoms. The molecule has 1 amide bonds. The van der Waals surface area contributed by atoms with Crippen molar-refractivity contribution in [3.63, 3.8) is 0 Å². The highest BCUT2D eigenvalue weighted by molar-refractivity contribution is 9.10. The molecule has 0 N–H and O–H groups in total. The number of nitrogens with zero attached hydrogens (tertiary/aromatic N) is 2. The molecule has 0 bridgehead atoms. The van der Waals surface area contributed by atoms with Gasteiger partial charge in [-0.25, -0.2) is 0 Å². The highest BCUT2D eigenvalue weighted by Gasteiger charge is 2.21. The Morgan fingerprint density at radius 2 is 1.77 bits per heavy atom. The van der Waals surface area contributed by atoms with E-state index in [1.807, 2.05) is 60.4 Å². The molecule has 0 unspecified atom stereocenters. The average molecular weight is 415 g/mol. The first-order chi connectivity index (χ1) is 12.7. The van der Waals surface area contributed by atoms with Crippen molar-refractivity contribution in [2.24, 2.45) is 0 Å². The lowest BCUT2D eigenvalue weighted by Crippen LogP contribution is -2.48. The van der Waals surface area contributed by atoms with Crippen LogP contribution in [-0.2, 0) is 4.79 Å². The molecule has 136 valence electrons. The van der Waals surface area contributed by atoms with Crippen molar-refractivity contribution in [3.8, 4) is 5.75 Å². The van der Waals surface area contributed by atoms with Gasteiger partial charge in [-0.05, 0) is 42.8 Å². The smallest absolute Gasteiger partial charge is 0.246 e. The normalized spacial score (nSPS) is 14.7. The molecule has 0 aliphatic carbocycles. The fraction of sp³-hybridized carbons (Fsp3) is 0.286. The Kier molecular flexibility index (Phi) is 6.34. The molecule has 0 atom stereocenters. The fourth-order valence-corrected chi connectivity index (χ4v) is 3.27. The Balaban J connectivity index is 1.58. The standard InChI is InChI=1S/C21H23BrN2O2/c1-2-26-20-6-4-3-5-19(20)23-13-15-24(16-14-23)21(25)12-9-17-7-10-18(22)11-8-17/h3-12H,2,13-16H2,1H3/b12-9+. The number of ether oxygens (including phenoxy) is 1. The van der Waals surface area contributed by atoms with Crippen LogP contribution in [0.3, 0.4) is 0 Å². The van der Waals surface area contributed by atoms with Crippen LogP contribution in [-0.4, -0.2) is 43.6 Å². The summed E-state index contributed by atoms with van der Waals surface area (Å²) in [5, 5.41) is 0. The van der Waals surface area contributed by atoms with Gasteiger partial charge in [-0.2, -0.15) is 0 Å². The minimum absolute atomic E-state index is 0.0608. The third kappa shape index (κ3) is 4.67. The van der Waals surface area contributed by atoms with Crippen LogP contribution < -0.4 is 9.64 Å². The number of benzene rings is 2. The van der Waals surface area contributed by atoms with Crippen LogP contribution in [0.4, 0.5) is 5.69 Å². The number of halogens is 1. The fourth-order valence-electron chi connectivity index (χ4n) is 3.01. The highest BCUT2D eigenvalue weighted by atomic mass is 79.9. The Morgan fingerprint density at radius 3 is 2.46 bits per heavy atom. The lowest BCUT2D eigenvalue weighted by Gasteiger charge is -2.36. The molecule has 1 aliphatic rings. The zero-order chi connectivity index (χ0) is 18.4. The lowest BCUT2D eigenvalue weighted by atomic mass is 10.2. The second kappa shape index (κ2) is 8.90. The molecule has 1 saturated heterocycles. The molecule has 5 heteroatoms. The number of para-hydroxylation sites is 2. The molecule has 3 rings (SSSR count). The summed E-state index contributed by atoms with van der Waals surface area (Å²) in [7, 11) is 0. The van der Waals surface area contributed by atoms with Gasteiger partial charge >= 0.3 is 0 Å². The third-order valence-corrected chi connectivity index (χ3v) is 4.91. The van der Waals surface area contributed by atoms with Crippen molar-refractivity contribution in [3.05, 3.63) is 64.6 Å².